The fourth-order valence-corrected chi connectivity index (χ4v) is 2.81. The Balaban J connectivity index is 1.68. The average molecular weight is 271 g/mol. The second-order valence-electron chi connectivity index (χ2n) is 5.45. The maximum Gasteiger partial charge on any atom is 0.271 e. The van der Waals surface area contributed by atoms with Gasteiger partial charge in [0, 0.05) is 12.7 Å². The predicted octanol–water partition coefficient (Wildman–Crippen LogP) is 2.33. The summed E-state index contributed by atoms with van der Waals surface area (Å²) in [5.41, 5.74) is 1.73. The Kier molecular flexibility index (Phi) is 4.02. The first kappa shape index (κ1) is 13.2. The molecule has 4 nitrogen and oxygen atoms in total. The van der Waals surface area contributed by atoms with E-state index in [1.807, 2.05) is 41.2 Å². The number of rotatable bonds is 4. The minimum atomic E-state index is -0.00477. The molecule has 1 fully saturated rings. The van der Waals surface area contributed by atoms with Gasteiger partial charge in [-0.05, 0) is 31.5 Å². The molecule has 20 heavy (non-hydrogen) atoms. The number of hydrogen-bond acceptors (Lipinski definition) is 2. The molecular formula is C16H21N3O. The van der Waals surface area contributed by atoms with Crippen LogP contribution in [0.4, 0.5) is 0 Å². The molecule has 0 amide bonds. The van der Waals surface area contributed by atoms with Crippen LogP contribution in [-0.2, 0) is 6.54 Å². The van der Waals surface area contributed by atoms with Crippen LogP contribution >= 0.6 is 0 Å². The third-order valence-corrected chi connectivity index (χ3v) is 3.97. The second-order valence-corrected chi connectivity index (χ2v) is 5.45. The number of likely N-dealkylation sites (tertiary alicyclic amines) is 1. The zero-order chi connectivity index (χ0) is 13.8. The molecule has 1 N–H and O–H groups in total. The van der Waals surface area contributed by atoms with Crippen LogP contribution in [-0.4, -0.2) is 34.3 Å². The first-order valence-corrected chi connectivity index (χ1v) is 7.40. The number of benzene rings is 1. The molecule has 1 aromatic carbocycles. The molecular weight excluding hydrogens is 250 g/mol. The van der Waals surface area contributed by atoms with E-state index in [1.54, 1.807) is 0 Å². The summed E-state index contributed by atoms with van der Waals surface area (Å²) >= 11 is 0. The molecule has 0 atom stereocenters. The van der Waals surface area contributed by atoms with Crippen molar-refractivity contribution in [2.24, 2.45) is 0 Å². The van der Waals surface area contributed by atoms with Gasteiger partial charge in [0.2, 0.25) is 0 Å². The molecule has 106 valence electrons. The number of aromatic amines is 1. The number of nitrogens with one attached hydrogen (secondary N) is 1. The van der Waals surface area contributed by atoms with Gasteiger partial charge in [-0.2, -0.15) is 0 Å². The van der Waals surface area contributed by atoms with Crippen LogP contribution in [0.15, 0.2) is 41.3 Å². The molecule has 0 spiro atoms. The second kappa shape index (κ2) is 6.09. The summed E-state index contributed by atoms with van der Waals surface area (Å²) < 4.78 is 1.92. The maximum atomic E-state index is 12.0. The van der Waals surface area contributed by atoms with E-state index in [4.69, 9.17) is 0 Å². The molecule has 1 aliphatic rings. The SMILES string of the molecule is O=c1[nH]n(CCN2CCCCC2)cc1-c1ccccc1. The third-order valence-electron chi connectivity index (χ3n) is 3.97. The summed E-state index contributed by atoms with van der Waals surface area (Å²) in [6.07, 6.45) is 5.89. The van der Waals surface area contributed by atoms with Gasteiger partial charge in [-0.25, -0.2) is 0 Å². The van der Waals surface area contributed by atoms with E-state index in [2.05, 4.69) is 10.00 Å². The highest BCUT2D eigenvalue weighted by Crippen LogP contribution is 2.14. The highest BCUT2D eigenvalue weighted by atomic mass is 16.1. The standard InChI is InChI=1S/C16H21N3O/c20-16-15(14-7-3-1-4-8-14)13-19(17-16)12-11-18-9-5-2-6-10-18/h1,3-4,7-8,13H,2,5-6,9-12H2,(H,17,20). The summed E-state index contributed by atoms with van der Waals surface area (Å²) in [5, 5.41) is 2.92. The van der Waals surface area contributed by atoms with Crippen molar-refractivity contribution < 1.29 is 0 Å². The number of nitrogens with zero attached hydrogens (tertiary/aromatic N) is 2. The number of piperidine rings is 1. The minimum absolute atomic E-state index is 0.00477. The first-order valence-electron chi connectivity index (χ1n) is 7.40. The van der Waals surface area contributed by atoms with Crippen LogP contribution < -0.4 is 5.56 Å². The molecule has 0 aliphatic carbocycles. The van der Waals surface area contributed by atoms with Crippen molar-refractivity contribution in [3.05, 3.63) is 46.9 Å². The van der Waals surface area contributed by atoms with Crippen LogP contribution in [0.25, 0.3) is 11.1 Å². The van der Waals surface area contributed by atoms with Gasteiger partial charge in [-0.1, -0.05) is 36.8 Å². The van der Waals surface area contributed by atoms with Crippen molar-refractivity contribution in [3.63, 3.8) is 0 Å². The Morgan fingerprint density at radius 2 is 1.75 bits per heavy atom. The molecule has 0 radical (unpaired) electrons. The fourth-order valence-electron chi connectivity index (χ4n) is 2.81. The normalized spacial score (nSPS) is 16.4. The number of hydrogen-bond donors (Lipinski definition) is 1. The van der Waals surface area contributed by atoms with Gasteiger partial charge in [-0.3, -0.25) is 14.6 Å². The molecule has 1 aliphatic heterocycles. The van der Waals surface area contributed by atoms with Gasteiger partial charge in [0.05, 0.1) is 12.1 Å². The van der Waals surface area contributed by atoms with Gasteiger partial charge in [0.25, 0.3) is 5.56 Å². The zero-order valence-electron chi connectivity index (χ0n) is 11.7. The van der Waals surface area contributed by atoms with Crippen LogP contribution in [0.2, 0.25) is 0 Å². The quantitative estimate of drug-likeness (QED) is 0.927. The monoisotopic (exact) mass is 271 g/mol. The lowest BCUT2D eigenvalue weighted by Gasteiger charge is -2.26. The molecule has 0 unspecified atom stereocenters. The average Bonchev–Trinajstić information content (AvgIpc) is 2.88. The predicted molar refractivity (Wildman–Crippen MR) is 80.8 cm³/mol. The highest BCUT2D eigenvalue weighted by molar-refractivity contribution is 5.61. The van der Waals surface area contributed by atoms with E-state index >= 15 is 0 Å². The molecule has 4 heteroatoms. The van der Waals surface area contributed by atoms with Crippen molar-refractivity contribution in [2.75, 3.05) is 19.6 Å². The minimum Gasteiger partial charge on any atom is -0.302 e. The van der Waals surface area contributed by atoms with Crippen molar-refractivity contribution >= 4 is 0 Å². The van der Waals surface area contributed by atoms with Crippen LogP contribution in [0, 0.1) is 0 Å². The number of H-pyrrole nitrogens is 1. The summed E-state index contributed by atoms with van der Waals surface area (Å²) in [6.45, 7) is 4.25. The molecule has 3 rings (SSSR count). The smallest absolute Gasteiger partial charge is 0.271 e. The van der Waals surface area contributed by atoms with Gasteiger partial charge in [-0.15, -0.1) is 0 Å². The van der Waals surface area contributed by atoms with Gasteiger partial charge >= 0.3 is 0 Å². The summed E-state index contributed by atoms with van der Waals surface area (Å²) in [6, 6.07) is 9.82. The zero-order valence-corrected chi connectivity index (χ0v) is 11.7. The Morgan fingerprint density at radius 1 is 1.00 bits per heavy atom. The van der Waals surface area contributed by atoms with Crippen molar-refractivity contribution in [2.45, 2.75) is 25.8 Å². The van der Waals surface area contributed by atoms with E-state index < -0.39 is 0 Å². The lowest BCUT2D eigenvalue weighted by Crippen LogP contribution is -2.32. The largest absolute Gasteiger partial charge is 0.302 e. The molecule has 0 saturated carbocycles. The summed E-state index contributed by atoms with van der Waals surface area (Å²) in [7, 11) is 0. The Hall–Kier alpha value is -1.81. The van der Waals surface area contributed by atoms with E-state index in [0.717, 1.165) is 24.2 Å². The van der Waals surface area contributed by atoms with E-state index in [1.165, 1.54) is 32.4 Å². The highest BCUT2D eigenvalue weighted by Gasteiger charge is 2.11. The van der Waals surface area contributed by atoms with Crippen molar-refractivity contribution in [3.8, 4) is 11.1 Å². The molecule has 1 saturated heterocycles. The first-order chi connectivity index (χ1) is 9.83. The lowest BCUT2D eigenvalue weighted by molar-refractivity contribution is 0.218. The van der Waals surface area contributed by atoms with Crippen LogP contribution in [0.1, 0.15) is 19.3 Å². The van der Waals surface area contributed by atoms with Crippen LogP contribution in [0.5, 0.6) is 0 Å². The Morgan fingerprint density at radius 3 is 2.50 bits per heavy atom. The molecule has 0 bridgehead atoms. The molecule has 1 aromatic heterocycles. The fraction of sp³-hybridized carbons (Fsp3) is 0.438. The van der Waals surface area contributed by atoms with Gasteiger partial charge < -0.3 is 4.90 Å². The van der Waals surface area contributed by atoms with E-state index in [0.29, 0.717) is 0 Å². The Bertz CT molecular complexity index is 594. The summed E-state index contributed by atoms with van der Waals surface area (Å²) in [4.78, 5) is 14.5. The van der Waals surface area contributed by atoms with Gasteiger partial charge in [0.15, 0.2) is 0 Å². The topological polar surface area (TPSA) is 41.0 Å². The number of aromatic nitrogens is 2. The van der Waals surface area contributed by atoms with Gasteiger partial charge in [0.1, 0.15) is 0 Å². The van der Waals surface area contributed by atoms with E-state index in [-0.39, 0.29) is 5.56 Å². The summed E-state index contributed by atoms with van der Waals surface area (Å²) in [5.74, 6) is 0. The molecule has 2 heterocycles. The van der Waals surface area contributed by atoms with Crippen molar-refractivity contribution in [1.82, 2.24) is 14.7 Å². The maximum absolute atomic E-state index is 12.0. The van der Waals surface area contributed by atoms with E-state index in [9.17, 15) is 4.79 Å². The van der Waals surface area contributed by atoms with Crippen LogP contribution in [0.3, 0.4) is 0 Å². The molecule has 2 aromatic rings. The lowest BCUT2D eigenvalue weighted by atomic mass is 10.1. The third kappa shape index (κ3) is 3.02. The Labute approximate surface area is 119 Å². The van der Waals surface area contributed by atoms with Crippen molar-refractivity contribution in [1.29, 1.82) is 0 Å².